The summed E-state index contributed by atoms with van der Waals surface area (Å²) in [7, 11) is 0. The third-order valence-corrected chi connectivity index (χ3v) is 2.83. The largest absolute Gasteiger partial charge is 0.378 e. The molecule has 1 saturated heterocycles. The molecule has 82 valence electrons. The average Bonchev–Trinajstić information content (AvgIpc) is 2.25. The van der Waals surface area contributed by atoms with Crippen LogP contribution in [0.2, 0.25) is 0 Å². The molecule has 0 spiro atoms. The van der Waals surface area contributed by atoms with E-state index in [9.17, 15) is 4.79 Å². The number of unbranched alkanes of at least 4 members (excludes halogenated alkanes) is 1. The number of hydrogen-bond acceptors (Lipinski definition) is 2. The number of carbonyl (C=O) groups excluding carboxylic acids is 1. The maximum absolute atomic E-state index is 11.4. The van der Waals surface area contributed by atoms with Crippen LogP contribution in [0.5, 0.6) is 0 Å². The van der Waals surface area contributed by atoms with E-state index in [0.717, 1.165) is 45.1 Å². The number of ketones is 1. The number of carbonyl (C=O) groups is 1. The van der Waals surface area contributed by atoms with Crippen LogP contribution in [0.4, 0.5) is 0 Å². The molecule has 1 fully saturated rings. The molecule has 0 bridgehead atoms. The first-order valence-corrected chi connectivity index (χ1v) is 5.96. The summed E-state index contributed by atoms with van der Waals surface area (Å²) in [5.74, 6) is 0.418. The molecule has 0 amide bonds. The molecule has 2 heteroatoms. The molecule has 1 aliphatic heterocycles. The van der Waals surface area contributed by atoms with Crippen molar-refractivity contribution >= 4 is 5.78 Å². The van der Waals surface area contributed by atoms with E-state index in [2.05, 4.69) is 6.92 Å². The highest BCUT2D eigenvalue weighted by molar-refractivity contribution is 5.78. The molecular weight excluding hydrogens is 176 g/mol. The van der Waals surface area contributed by atoms with Crippen molar-refractivity contribution in [3.8, 4) is 0 Å². The van der Waals surface area contributed by atoms with Gasteiger partial charge in [0.15, 0.2) is 0 Å². The predicted octanol–water partition coefficient (Wildman–Crippen LogP) is 3.10. The Morgan fingerprint density at radius 1 is 1.36 bits per heavy atom. The molecular formula is C12H22O2. The van der Waals surface area contributed by atoms with Gasteiger partial charge < -0.3 is 4.74 Å². The zero-order valence-corrected chi connectivity index (χ0v) is 9.26. The van der Waals surface area contributed by atoms with Crippen LogP contribution in [-0.4, -0.2) is 18.5 Å². The predicted molar refractivity (Wildman–Crippen MR) is 57.4 cm³/mol. The Kier molecular flexibility index (Phi) is 5.85. The summed E-state index contributed by atoms with van der Waals surface area (Å²) < 4.78 is 5.58. The quantitative estimate of drug-likeness (QED) is 0.655. The Bertz CT molecular complexity index is 160. The van der Waals surface area contributed by atoms with Crippen molar-refractivity contribution in [1.82, 2.24) is 0 Å². The summed E-state index contributed by atoms with van der Waals surface area (Å²) in [5, 5.41) is 0. The van der Waals surface area contributed by atoms with Crippen molar-refractivity contribution in [1.29, 1.82) is 0 Å². The van der Waals surface area contributed by atoms with Crippen LogP contribution in [0, 0.1) is 0 Å². The van der Waals surface area contributed by atoms with Gasteiger partial charge in [-0.1, -0.05) is 13.3 Å². The first kappa shape index (κ1) is 11.7. The minimum Gasteiger partial charge on any atom is -0.378 e. The number of rotatable bonds is 6. The van der Waals surface area contributed by atoms with Crippen LogP contribution in [0.1, 0.15) is 58.3 Å². The van der Waals surface area contributed by atoms with Gasteiger partial charge in [-0.25, -0.2) is 0 Å². The molecule has 0 aromatic carbocycles. The van der Waals surface area contributed by atoms with E-state index in [1.54, 1.807) is 0 Å². The summed E-state index contributed by atoms with van der Waals surface area (Å²) in [4.78, 5) is 11.4. The second-order valence-electron chi connectivity index (χ2n) is 4.17. The fraction of sp³-hybridized carbons (Fsp3) is 0.917. The maximum atomic E-state index is 11.4. The molecule has 1 aliphatic rings. The molecule has 1 unspecified atom stereocenters. The fourth-order valence-corrected chi connectivity index (χ4v) is 1.86. The van der Waals surface area contributed by atoms with Gasteiger partial charge in [-0.3, -0.25) is 4.79 Å². The highest BCUT2D eigenvalue weighted by atomic mass is 16.5. The van der Waals surface area contributed by atoms with Gasteiger partial charge in [0.25, 0.3) is 0 Å². The van der Waals surface area contributed by atoms with Gasteiger partial charge in [-0.05, 0) is 32.1 Å². The van der Waals surface area contributed by atoms with Gasteiger partial charge in [-0.2, -0.15) is 0 Å². The van der Waals surface area contributed by atoms with E-state index in [1.807, 2.05) is 0 Å². The van der Waals surface area contributed by atoms with Crippen molar-refractivity contribution in [3.63, 3.8) is 0 Å². The monoisotopic (exact) mass is 198 g/mol. The average molecular weight is 198 g/mol. The topological polar surface area (TPSA) is 26.3 Å². The van der Waals surface area contributed by atoms with Gasteiger partial charge in [0.1, 0.15) is 5.78 Å². The molecule has 14 heavy (non-hydrogen) atoms. The van der Waals surface area contributed by atoms with Gasteiger partial charge in [0.2, 0.25) is 0 Å². The lowest BCUT2D eigenvalue weighted by Crippen LogP contribution is -2.19. The second kappa shape index (κ2) is 6.99. The molecule has 1 heterocycles. The van der Waals surface area contributed by atoms with Crippen LogP contribution in [0.3, 0.4) is 0 Å². The zero-order chi connectivity index (χ0) is 10.2. The Morgan fingerprint density at radius 3 is 2.86 bits per heavy atom. The third kappa shape index (κ3) is 4.75. The van der Waals surface area contributed by atoms with Crippen molar-refractivity contribution in [2.24, 2.45) is 0 Å². The standard InChI is InChI=1S/C12H22O2/c1-2-3-6-11(13)8-9-12-7-4-5-10-14-12/h12H,2-10H2,1H3. The van der Waals surface area contributed by atoms with Crippen LogP contribution < -0.4 is 0 Å². The van der Waals surface area contributed by atoms with Crippen LogP contribution in [0.25, 0.3) is 0 Å². The van der Waals surface area contributed by atoms with Gasteiger partial charge >= 0.3 is 0 Å². The van der Waals surface area contributed by atoms with E-state index < -0.39 is 0 Å². The number of hydrogen-bond donors (Lipinski definition) is 0. The number of ether oxygens (including phenoxy) is 1. The van der Waals surface area contributed by atoms with E-state index in [4.69, 9.17) is 4.74 Å². The Balaban J connectivity index is 2.03. The highest BCUT2D eigenvalue weighted by Crippen LogP contribution is 2.17. The molecule has 0 aromatic rings. The van der Waals surface area contributed by atoms with E-state index in [1.165, 1.54) is 12.8 Å². The molecule has 2 nitrogen and oxygen atoms in total. The second-order valence-corrected chi connectivity index (χ2v) is 4.17. The fourth-order valence-electron chi connectivity index (χ4n) is 1.86. The van der Waals surface area contributed by atoms with Crippen molar-refractivity contribution in [3.05, 3.63) is 0 Å². The maximum Gasteiger partial charge on any atom is 0.133 e. The van der Waals surface area contributed by atoms with Gasteiger partial charge in [0, 0.05) is 19.4 Å². The van der Waals surface area contributed by atoms with Crippen molar-refractivity contribution in [2.45, 2.75) is 64.4 Å². The third-order valence-electron chi connectivity index (χ3n) is 2.83. The molecule has 1 rings (SSSR count). The summed E-state index contributed by atoms with van der Waals surface area (Å²) in [6, 6.07) is 0. The Morgan fingerprint density at radius 2 is 2.21 bits per heavy atom. The zero-order valence-electron chi connectivity index (χ0n) is 9.26. The molecule has 0 aliphatic carbocycles. The summed E-state index contributed by atoms with van der Waals surface area (Å²) in [5.41, 5.74) is 0. The molecule has 1 atom stereocenters. The molecule has 0 radical (unpaired) electrons. The summed E-state index contributed by atoms with van der Waals surface area (Å²) >= 11 is 0. The minimum absolute atomic E-state index is 0.370. The Labute approximate surface area is 87.0 Å². The molecule has 0 aromatic heterocycles. The summed E-state index contributed by atoms with van der Waals surface area (Å²) in [6.07, 6.45) is 8.59. The van der Waals surface area contributed by atoms with Gasteiger partial charge in [-0.15, -0.1) is 0 Å². The van der Waals surface area contributed by atoms with Crippen LogP contribution >= 0.6 is 0 Å². The molecule has 0 saturated carbocycles. The van der Waals surface area contributed by atoms with Crippen LogP contribution in [0.15, 0.2) is 0 Å². The Hall–Kier alpha value is -0.370. The minimum atomic E-state index is 0.370. The lowest BCUT2D eigenvalue weighted by atomic mass is 10.0. The van der Waals surface area contributed by atoms with Crippen LogP contribution in [-0.2, 0) is 9.53 Å². The normalized spacial score (nSPS) is 22.2. The number of Topliss-reactive ketones (excluding diaryl/α,β-unsaturated/α-hetero) is 1. The van der Waals surface area contributed by atoms with E-state index in [0.29, 0.717) is 11.9 Å². The molecule has 0 N–H and O–H groups in total. The highest BCUT2D eigenvalue weighted by Gasteiger charge is 2.14. The first-order valence-electron chi connectivity index (χ1n) is 5.96. The first-order chi connectivity index (χ1) is 6.83. The van der Waals surface area contributed by atoms with Crippen molar-refractivity contribution in [2.75, 3.05) is 6.61 Å². The van der Waals surface area contributed by atoms with Crippen molar-refractivity contribution < 1.29 is 9.53 Å². The smallest absolute Gasteiger partial charge is 0.133 e. The lowest BCUT2D eigenvalue weighted by molar-refractivity contribution is -0.120. The summed E-state index contributed by atoms with van der Waals surface area (Å²) in [6.45, 7) is 3.02. The SMILES string of the molecule is CCCCC(=O)CCC1CCCCO1. The lowest BCUT2D eigenvalue weighted by Gasteiger charge is -2.22. The van der Waals surface area contributed by atoms with Gasteiger partial charge in [0.05, 0.1) is 6.10 Å². The van der Waals surface area contributed by atoms with E-state index >= 15 is 0 Å². The van der Waals surface area contributed by atoms with E-state index in [-0.39, 0.29) is 0 Å².